The number of allylic oxidation sites excluding steroid dienone is 4. The summed E-state index contributed by atoms with van der Waals surface area (Å²) in [4.78, 5) is 13.3. The number of carbonyl (C=O) groups is 1. The molecule has 0 radical (unpaired) electrons. The lowest BCUT2D eigenvalue weighted by atomic mass is 9.48. The zero-order chi connectivity index (χ0) is 20.0. The Kier molecular flexibility index (Phi) is 5.08. The van der Waals surface area contributed by atoms with E-state index in [0.717, 1.165) is 24.8 Å². The molecule has 2 nitrogen and oxygen atoms in total. The average molecular weight is 379 g/mol. The molecule has 0 aromatic rings. The monoisotopic (exact) mass is 379 g/mol. The van der Waals surface area contributed by atoms with Gasteiger partial charge in [0, 0.05) is 18.4 Å². The zero-order valence-corrected chi connectivity index (χ0v) is 16.3. The Balaban J connectivity index is 2.03. The topological polar surface area (TPSA) is 40.9 Å². The van der Waals surface area contributed by atoms with Gasteiger partial charge in [-0.15, -0.1) is 0 Å². The predicted octanol–water partition coefficient (Wildman–Crippen LogP) is 6.15. The molecule has 0 saturated heterocycles. The van der Waals surface area contributed by atoms with Gasteiger partial charge in [0.25, 0.3) is 0 Å². The van der Waals surface area contributed by atoms with Gasteiger partial charge in [-0.1, -0.05) is 44.4 Å². The molecule has 0 N–H and O–H groups in total. The van der Waals surface area contributed by atoms with Crippen LogP contribution < -0.4 is 0 Å². The zero-order valence-electron chi connectivity index (χ0n) is 16.3. The van der Waals surface area contributed by atoms with Gasteiger partial charge in [-0.2, -0.15) is 18.4 Å². The van der Waals surface area contributed by atoms with Crippen LogP contribution in [0.3, 0.4) is 0 Å². The number of Topliss-reactive ketones (excluding diaryl/α,β-unsaturated/α-hetero) is 1. The van der Waals surface area contributed by atoms with Crippen LogP contribution in [0.25, 0.3) is 0 Å². The number of hydrogen-bond donors (Lipinski definition) is 0. The Bertz CT molecular complexity index is 729. The van der Waals surface area contributed by atoms with Gasteiger partial charge in [0.2, 0.25) is 0 Å². The van der Waals surface area contributed by atoms with E-state index in [0.29, 0.717) is 24.8 Å². The molecule has 148 valence electrons. The van der Waals surface area contributed by atoms with E-state index in [1.165, 1.54) is 0 Å². The minimum absolute atomic E-state index is 0.0781. The SMILES string of the molecule is CCCC1(C)C(CC(F)(F)F)=CCC2C1C(=O)CC1(C)/C(=C\C#N)CCC21. The molecule has 27 heavy (non-hydrogen) atoms. The molecule has 0 spiro atoms. The number of nitriles is 1. The second-order valence-corrected chi connectivity index (χ2v) is 9.07. The van der Waals surface area contributed by atoms with Gasteiger partial charge in [0.05, 0.1) is 12.5 Å². The summed E-state index contributed by atoms with van der Waals surface area (Å²) in [6.45, 7) is 5.93. The fourth-order valence-electron chi connectivity index (χ4n) is 6.51. The van der Waals surface area contributed by atoms with Crippen molar-refractivity contribution >= 4 is 5.78 Å². The lowest BCUT2D eigenvalue weighted by Gasteiger charge is -2.54. The van der Waals surface area contributed by atoms with Crippen molar-refractivity contribution in [3.63, 3.8) is 0 Å². The average Bonchev–Trinajstić information content (AvgIpc) is 2.86. The van der Waals surface area contributed by atoms with E-state index in [2.05, 4.69) is 13.0 Å². The van der Waals surface area contributed by atoms with Crippen molar-refractivity contribution in [3.05, 3.63) is 23.3 Å². The van der Waals surface area contributed by atoms with Crippen molar-refractivity contribution in [3.8, 4) is 6.07 Å². The summed E-state index contributed by atoms with van der Waals surface area (Å²) in [6.07, 6.45) is 2.19. The molecule has 5 atom stereocenters. The van der Waals surface area contributed by atoms with Crippen molar-refractivity contribution in [2.45, 2.75) is 71.9 Å². The predicted molar refractivity (Wildman–Crippen MR) is 97.5 cm³/mol. The molecular formula is C22H28F3NO. The van der Waals surface area contributed by atoms with Crippen molar-refractivity contribution in [2.24, 2.45) is 28.6 Å². The fraction of sp³-hybridized carbons (Fsp3) is 0.727. The summed E-state index contributed by atoms with van der Waals surface area (Å²) < 4.78 is 39.6. The standard InChI is InChI=1S/C22H28F3NO/c1-4-10-20(2)15(12-22(23,24)25)5-7-16-17-8-6-14(9-11-26)21(17,3)13-18(27)19(16)20/h5,9,16-17,19H,4,6-8,10,12-13H2,1-3H3/b14-9-. The van der Waals surface area contributed by atoms with E-state index in [1.807, 2.05) is 13.8 Å². The highest BCUT2D eigenvalue weighted by Gasteiger charge is 2.60. The molecule has 0 bridgehead atoms. The molecule has 3 aliphatic carbocycles. The first-order valence-corrected chi connectivity index (χ1v) is 9.95. The normalized spacial score (nSPS) is 40.3. The third-order valence-corrected chi connectivity index (χ3v) is 7.57. The van der Waals surface area contributed by atoms with E-state index in [9.17, 15) is 18.0 Å². The van der Waals surface area contributed by atoms with Gasteiger partial charge in [0.15, 0.2) is 0 Å². The van der Waals surface area contributed by atoms with Gasteiger partial charge in [-0.05, 0) is 48.3 Å². The number of carbonyl (C=O) groups excluding carboxylic acids is 1. The molecule has 0 amide bonds. The van der Waals surface area contributed by atoms with Crippen LogP contribution in [0.1, 0.15) is 65.7 Å². The highest BCUT2D eigenvalue weighted by molar-refractivity contribution is 5.85. The maximum Gasteiger partial charge on any atom is 0.392 e. The first-order chi connectivity index (χ1) is 12.6. The van der Waals surface area contributed by atoms with Crippen molar-refractivity contribution < 1.29 is 18.0 Å². The van der Waals surface area contributed by atoms with Crippen LogP contribution in [0, 0.1) is 39.9 Å². The van der Waals surface area contributed by atoms with Gasteiger partial charge < -0.3 is 0 Å². The van der Waals surface area contributed by atoms with Crippen LogP contribution >= 0.6 is 0 Å². The molecule has 5 unspecified atom stereocenters. The first kappa shape index (κ1) is 20.2. The van der Waals surface area contributed by atoms with Gasteiger partial charge in [-0.25, -0.2) is 0 Å². The summed E-state index contributed by atoms with van der Waals surface area (Å²) >= 11 is 0. The van der Waals surface area contributed by atoms with Gasteiger partial charge >= 0.3 is 6.18 Å². The number of rotatable bonds is 3. The van der Waals surface area contributed by atoms with Crippen LogP contribution in [0.5, 0.6) is 0 Å². The van der Waals surface area contributed by atoms with Crippen LogP contribution in [-0.2, 0) is 4.79 Å². The quantitative estimate of drug-likeness (QED) is 0.436. The summed E-state index contributed by atoms with van der Waals surface area (Å²) in [6, 6.07) is 2.11. The molecule has 0 aromatic carbocycles. The maximum absolute atomic E-state index is 13.3. The molecule has 2 saturated carbocycles. The van der Waals surface area contributed by atoms with Crippen LogP contribution in [-0.4, -0.2) is 12.0 Å². The Morgan fingerprint density at radius 2 is 2.07 bits per heavy atom. The second-order valence-electron chi connectivity index (χ2n) is 9.07. The van der Waals surface area contributed by atoms with E-state index in [1.54, 1.807) is 12.2 Å². The number of nitrogens with zero attached hydrogens (tertiary/aromatic N) is 1. The van der Waals surface area contributed by atoms with Crippen LogP contribution in [0.2, 0.25) is 0 Å². The van der Waals surface area contributed by atoms with Crippen LogP contribution in [0.4, 0.5) is 13.2 Å². The first-order valence-electron chi connectivity index (χ1n) is 9.95. The summed E-state index contributed by atoms with van der Waals surface area (Å²) in [5.74, 6) is 0.0987. The second kappa shape index (κ2) is 6.79. The molecule has 5 heteroatoms. The van der Waals surface area contributed by atoms with Crippen molar-refractivity contribution in [1.82, 2.24) is 0 Å². The number of fused-ring (bicyclic) bond motifs is 3. The summed E-state index contributed by atoms with van der Waals surface area (Å²) in [5, 5.41) is 9.10. The molecule has 2 fully saturated rings. The summed E-state index contributed by atoms with van der Waals surface area (Å²) in [5.41, 5.74) is 0.425. The summed E-state index contributed by atoms with van der Waals surface area (Å²) in [7, 11) is 0. The lowest BCUT2D eigenvalue weighted by molar-refractivity contribution is -0.146. The van der Waals surface area contributed by atoms with E-state index in [4.69, 9.17) is 5.26 Å². The molecule has 3 aliphatic rings. The van der Waals surface area contributed by atoms with E-state index >= 15 is 0 Å². The molecule has 0 heterocycles. The van der Waals surface area contributed by atoms with Crippen molar-refractivity contribution in [1.29, 1.82) is 5.26 Å². The minimum Gasteiger partial charge on any atom is -0.299 e. The van der Waals surface area contributed by atoms with Crippen molar-refractivity contribution in [2.75, 3.05) is 0 Å². The molecule has 0 aliphatic heterocycles. The highest BCUT2D eigenvalue weighted by atomic mass is 19.4. The minimum atomic E-state index is -4.25. The number of hydrogen-bond acceptors (Lipinski definition) is 2. The fourth-order valence-corrected chi connectivity index (χ4v) is 6.51. The van der Waals surface area contributed by atoms with E-state index in [-0.39, 0.29) is 29.0 Å². The Labute approximate surface area is 159 Å². The molecule has 3 rings (SSSR count). The van der Waals surface area contributed by atoms with Crippen LogP contribution in [0.15, 0.2) is 23.3 Å². The number of alkyl halides is 3. The molecule has 0 aromatic heterocycles. The molecular weight excluding hydrogens is 351 g/mol. The Hall–Kier alpha value is -1.57. The largest absolute Gasteiger partial charge is 0.392 e. The maximum atomic E-state index is 13.3. The van der Waals surface area contributed by atoms with Gasteiger partial charge in [0.1, 0.15) is 5.78 Å². The van der Waals surface area contributed by atoms with E-state index < -0.39 is 18.0 Å². The third kappa shape index (κ3) is 3.26. The Morgan fingerprint density at radius 3 is 2.67 bits per heavy atom. The number of ketones is 1. The smallest absolute Gasteiger partial charge is 0.299 e. The Morgan fingerprint density at radius 1 is 1.37 bits per heavy atom. The lowest BCUT2D eigenvalue weighted by Crippen LogP contribution is -2.53. The highest BCUT2D eigenvalue weighted by Crippen LogP contribution is 2.64. The van der Waals surface area contributed by atoms with Gasteiger partial charge in [-0.3, -0.25) is 4.79 Å². The third-order valence-electron chi connectivity index (χ3n) is 7.57. The number of halogens is 3.